The number of carbonyl (C=O) groups is 3. The fourth-order valence-electron chi connectivity index (χ4n) is 10.6. The van der Waals surface area contributed by atoms with Crippen LogP contribution in [0, 0.1) is 56.2 Å². The topological polar surface area (TPSA) is 60.4 Å². The summed E-state index contributed by atoms with van der Waals surface area (Å²) in [5.41, 5.74) is -4.01. The minimum Gasteiger partial charge on any atom is -0.469 e. The number of ether oxygens (including phenoxy) is 1. The van der Waals surface area contributed by atoms with Gasteiger partial charge in [-0.3, -0.25) is 14.4 Å². The average Bonchev–Trinajstić information content (AvgIpc) is 2.81. The van der Waals surface area contributed by atoms with Crippen molar-refractivity contribution in [3.63, 3.8) is 0 Å². The van der Waals surface area contributed by atoms with Crippen LogP contribution in [0.1, 0.15) is 87.0 Å². The molecule has 3 saturated carbocycles. The van der Waals surface area contributed by atoms with E-state index in [4.69, 9.17) is 4.74 Å². The van der Waals surface area contributed by atoms with Gasteiger partial charge in [0, 0.05) is 16.7 Å². The number of hydrogen-bond acceptors (Lipinski definition) is 4. The first-order valence-electron chi connectivity index (χ1n) is 14.4. The van der Waals surface area contributed by atoms with Gasteiger partial charge >= 0.3 is 12.1 Å². The summed E-state index contributed by atoms with van der Waals surface area (Å²) in [6.45, 7) is 13.4. The van der Waals surface area contributed by atoms with Gasteiger partial charge in [0.2, 0.25) is 0 Å². The van der Waals surface area contributed by atoms with E-state index in [0.717, 1.165) is 12.0 Å². The number of esters is 1. The van der Waals surface area contributed by atoms with E-state index in [1.165, 1.54) is 7.11 Å². The van der Waals surface area contributed by atoms with Crippen LogP contribution in [0.5, 0.6) is 0 Å². The summed E-state index contributed by atoms with van der Waals surface area (Å²) >= 11 is 0. The Balaban J connectivity index is 1.75. The van der Waals surface area contributed by atoms with Gasteiger partial charge in [-0.1, -0.05) is 60.1 Å². The highest BCUT2D eigenvalue weighted by Gasteiger charge is 2.75. The maximum atomic E-state index is 15.1. The fraction of sp³-hybridized carbons (Fsp3) is 0.781. The second-order valence-electron chi connectivity index (χ2n) is 15.2. The van der Waals surface area contributed by atoms with E-state index >= 15 is 13.2 Å². The highest BCUT2D eigenvalue weighted by atomic mass is 19.4. The molecule has 0 radical (unpaired) electrons. The van der Waals surface area contributed by atoms with Gasteiger partial charge in [-0.25, -0.2) is 0 Å². The minimum atomic E-state index is -4.57. The van der Waals surface area contributed by atoms with Gasteiger partial charge in [0.15, 0.2) is 11.6 Å². The molecule has 0 saturated heterocycles. The molecule has 5 rings (SSSR count). The molecule has 0 heterocycles. The van der Waals surface area contributed by atoms with Gasteiger partial charge in [0.05, 0.1) is 18.4 Å². The van der Waals surface area contributed by atoms with E-state index in [1.54, 1.807) is 26.0 Å². The van der Waals surface area contributed by atoms with Gasteiger partial charge in [-0.2, -0.15) is 13.2 Å². The Morgan fingerprint density at radius 3 is 2.15 bits per heavy atom. The zero-order valence-electron chi connectivity index (χ0n) is 24.6. The van der Waals surface area contributed by atoms with Crippen molar-refractivity contribution in [1.29, 1.82) is 0 Å². The lowest BCUT2D eigenvalue weighted by molar-refractivity contribution is -0.275. The molecular formula is C32H43F3O4. The van der Waals surface area contributed by atoms with Gasteiger partial charge in [0.1, 0.15) is 0 Å². The molecule has 0 aliphatic heterocycles. The molecule has 216 valence electrons. The number of rotatable bonds is 1. The molecule has 0 amide bonds. The molecule has 1 unspecified atom stereocenters. The van der Waals surface area contributed by atoms with Crippen LogP contribution in [0.25, 0.3) is 0 Å². The number of carbonyl (C=O) groups excluding carboxylic acids is 3. The van der Waals surface area contributed by atoms with Crippen LogP contribution in [0.15, 0.2) is 23.8 Å². The lowest BCUT2D eigenvalue weighted by Gasteiger charge is -2.69. The van der Waals surface area contributed by atoms with Crippen LogP contribution >= 0.6 is 0 Å². The molecule has 4 nitrogen and oxygen atoms in total. The highest BCUT2D eigenvalue weighted by molar-refractivity contribution is 5.98. The molecular weight excluding hydrogens is 505 g/mol. The summed E-state index contributed by atoms with van der Waals surface area (Å²) in [4.78, 5) is 40.7. The van der Waals surface area contributed by atoms with Crippen LogP contribution in [0.2, 0.25) is 0 Å². The predicted molar refractivity (Wildman–Crippen MR) is 141 cm³/mol. The standard InChI is InChI=1S/C32H43F3O4/c1-26(2)13-15-31(25(38)39-8)16-14-30(7)22(23(31)24(26)32(33,34)35)18(36)17-20-28(5)11-10-21(37)27(3,4)19(28)9-12-29(20,30)6/h10-11,17,19,22-24H,9,12-16H2,1-8H3/t19-,22+,23-,24?,28-,29+,30+,31-/m0/s1. The lowest BCUT2D eigenvalue weighted by Crippen LogP contribution is -2.68. The maximum Gasteiger partial charge on any atom is 0.392 e. The number of hydrogen-bond donors (Lipinski definition) is 0. The summed E-state index contributed by atoms with van der Waals surface area (Å²) in [5, 5.41) is 0. The molecule has 0 N–H and O–H groups in total. The van der Waals surface area contributed by atoms with E-state index in [1.807, 2.05) is 26.8 Å². The van der Waals surface area contributed by atoms with Crippen molar-refractivity contribution < 1.29 is 32.3 Å². The van der Waals surface area contributed by atoms with Gasteiger partial charge in [0.25, 0.3) is 0 Å². The summed E-state index contributed by atoms with van der Waals surface area (Å²) in [5.74, 6) is -4.81. The van der Waals surface area contributed by atoms with E-state index in [2.05, 4.69) is 13.8 Å². The number of alkyl halides is 3. The number of halogens is 3. The summed E-state index contributed by atoms with van der Waals surface area (Å²) < 4.78 is 50.4. The molecule has 0 aromatic carbocycles. The van der Waals surface area contributed by atoms with Gasteiger partial charge < -0.3 is 4.74 Å². The molecule has 39 heavy (non-hydrogen) atoms. The van der Waals surface area contributed by atoms with Crippen molar-refractivity contribution in [2.24, 2.45) is 56.2 Å². The molecule has 0 bridgehead atoms. The Hall–Kier alpha value is -1.92. The molecule has 5 aliphatic carbocycles. The van der Waals surface area contributed by atoms with Crippen molar-refractivity contribution in [2.75, 3.05) is 7.11 Å². The SMILES string of the molecule is COC(=O)[C@]12CCC(C)(C)C(C(F)(F)F)[C@@H]1[C@H]1C(=O)C=C3[C@@]4(C)C=CC(=O)C(C)(C)[C@@H]4CC[C@@]3(C)[C@]1(C)CC2. The van der Waals surface area contributed by atoms with Crippen molar-refractivity contribution in [3.05, 3.63) is 23.8 Å². The quantitative estimate of drug-likeness (QED) is 0.323. The Morgan fingerprint density at radius 2 is 1.56 bits per heavy atom. The zero-order chi connectivity index (χ0) is 29.2. The first-order valence-corrected chi connectivity index (χ1v) is 14.4. The van der Waals surface area contributed by atoms with Crippen molar-refractivity contribution in [2.45, 2.75) is 93.2 Å². The normalized spacial score (nSPS) is 46.3. The van der Waals surface area contributed by atoms with Crippen molar-refractivity contribution in [3.8, 4) is 0 Å². The number of ketones is 2. The van der Waals surface area contributed by atoms with E-state index < -0.39 is 62.4 Å². The second kappa shape index (κ2) is 8.09. The summed E-state index contributed by atoms with van der Waals surface area (Å²) in [6, 6.07) is 0. The predicted octanol–water partition coefficient (Wildman–Crippen LogP) is 7.27. The Bertz CT molecular complexity index is 1190. The minimum absolute atomic E-state index is 0.0101. The maximum absolute atomic E-state index is 15.1. The first-order chi connectivity index (χ1) is 17.7. The van der Waals surface area contributed by atoms with Crippen LogP contribution in [-0.4, -0.2) is 30.8 Å². The number of methoxy groups -OCH3 is 1. The third kappa shape index (κ3) is 3.40. The monoisotopic (exact) mass is 548 g/mol. The van der Waals surface area contributed by atoms with Crippen LogP contribution in [0.3, 0.4) is 0 Å². The third-order valence-electron chi connectivity index (χ3n) is 12.9. The lowest BCUT2D eigenvalue weighted by atomic mass is 9.33. The van der Waals surface area contributed by atoms with Crippen LogP contribution in [0.4, 0.5) is 13.2 Å². The second-order valence-corrected chi connectivity index (χ2v) is 15.2. The van der Waals surface area contributed by atoms with Crippen LogP contribution in [-0.2, 0) is 19.1 Å². The summed E-state index contributed by atoms with van der Waals surface area (Å²) in [6.07, 6.45) is 3.34. The van der Waals surface area contributed by atoms with E-state index in [-0.39, 0.29) is 36.7 Å². The molecule has 0 aromatic rings. The largest absolute Gasteiger partial charge is 0.469 e. The Morgan fingerprint density at radius 1 is 0.949 bits per heavy atom. The molecule has 3 fully saturated rings. The zero-order valence-corrected chi connectivity index (χ0v) is 24.6. The summed E-state index contributed by atoms with van der Waals surface area (Å²) in [7, 11) is 1.24. The smallest absolute Gasteiger partial charge is 0.392 e. The Labute approximate surface area is 230 Å². The molecule has 0 spiro atoms. The Kier molecular flexibility index (Phi) is 5.93. The van der Waals surface area contributed by atoms with Crippen molar-refractivity contribution >= 4 is 17.5 Å². The van der Waals surface area contributed by atoms with Gasteiger partial charge in [-0.15, -0.1) is 0 Å². The third-order valence-corrected chi connectivity index (χ3v) is 12.9. The van der Waals surface area contributed by atoms with Crippen LogP contribution < -0.4 is 0 Å². The molecule has 0 aromatic heterocycles. The first kappa shape index (κ1) is 28.6. The van der Waals surface area contributed by atoms with Gasteiger partial charge in [-0.05, 0) is 78.8 Å². The molecule has 7 heteroatoms. The van der Waals surface area contributed by atoms with E-state index in [9.17, 15) is 14.4 Å². The molecule has 8 atom stereocenters. The average molecular weight is 549 g/mol. The number of allylic oxidation sites excluding steroid dienone is 4. The number of fused-ring (bicyclic) bond motifs is 7. The van der Waals surface area contributed by atoms with Crippen molar-refractivity contribution in [1.82, 2.24) is 0 Å². The highest BCUT2D eigenvalue weighted by Crippen LogP contribution is 2.76. The van der Waals surface area contributed by atoms with E-state index in [0.29, 0.717) is 12.8 Å². The molecule has 5 aliphatic rings. The fourth-order valence-corrected chi connectivity index (χ4v) is 10.6.